The molecule has 0 unspecified atom stereocenters. The Labute approximate surface area is 113 Å². The summed E-state index contributed by atoms with van der Waals surface area (Å²) < 4.78 is 0. The van der Waals surface area contributed by atoms with Crippen LogP contribution in [0.2, 0.25) is 0 Å². The number of hydrogen-bond donors (Lipinski definition) is 1. The lowest BCUT2D eigenvalue weighted by molar-refractivity contribution is 0.757. The van der Waals surface area contributed by atoms with Crippen LogP contribution in [0, 0.1) is 6.92 Å². The van der Waals surface area contributed by atoms with Crippen molar-refractivity contribution >= 4 is 5.82 Å². The fourth-order valence-corrected chi connectivity index (χ4v) is 1.84. The summed E-state index contributed by atoms with van der Waals surface area (Å²) in [6, 6.07) is 10.0. The van der Waals surface area contributed by atoms with Crippen molar-refractivity contribution in [1.82, 2.24) is 20.5 Å². The van der Waals surface area contributed by atoms with Gasteiger partial charge >= 0.3 is 0 Å². The molecule has 2 rings (SSSR count). The first kappa shape index (κ1) is 13.4. The zero-order chi connectivity index (χ0) is 13.7. The van der Waals surface area contributed by atoms with Gasteiger partial charge in [-0.05, 0) is 38.2 Å². The molecule has 0 amide bonds. The number of aryl methyl sites for hydroxylation is 1. The van der Waals surface area contributed by atoms with Crippen LogP contribution in [0.4, 0.5) is 5.82 Å². The molecule has 0 bridgehead atoms. The molecule has 2 aromatic rings. The summed E-state index contributed by atoms with van der Waals surface area (Å²) in [6.45, 7) is 3.45. The highest BCUT2D eigenvalue weighted by Crippen LogP contribution is 2.11. The predicted octanol–water partition coefficient (Wildman–Crippen LogP) is 1.54. The molecule has 0 fully saturated rings. The van der Waals surface area contributed by atoms with E-state index in [9.17, 15) is 0 Å². The Morgan fingerprint density at radius 2 is 1.95 bits per heavy atom. The van der Waals surface area contributed by atoms with Gasteiger partial charge in [-0.2, -0.15) is 5.10 Å². The van der Waals surface area contributed by atoms with Gasteiger partial charge in [-0.15, -0.1) is 5.10 Å². The average molecular weight is 257 g/mol. The van der Waals surface area contributed by atoms with Gasteiger partial charge < -0.3 is 10.2 Å². The summed E-state index contributed by atoms with van der Waals surface area (Å²) in [7, 11) is 3.89. The fourth-order valence-electron chi connectivity index (χ4n) is 1.84. The minimum atomic E-state index is 0.724. The monoisotopic (exact) mass is 257 g/mol. The second-order valence-corrected chi connectivity index (χ2v) is 4.54. The molecule has 19 heavy (non-hydrogen) atoms. The molecule has 100 valence electrons. The van der Waals surface area contributed by atoms with Crippen molar-refractivity contribution in [1.29, 1.82) is 0 Å². The maximum absolute atomic E-state index is 4.49. The Bertz CT molecular complexity index is 524. The molecule has 2 aromatic heterocycles. The normalized spacial score (nSPS) is 10.5. The third-order valence-corrected chi connectivity index (χ3v) is 2.80. The van der Waals surface area contributed by atoms with Crippen LogP contribution >= 0.6 is 0 Å². The van der Waals surface area contributed by atoms with E-state index in [0.29, 0.717) is 0 Å². The standard InChI is InChI=1S/C14H19N5/c1-11-5-4-6-13(16-11)10-19(3)14-8-7-12(9-15-2)17-18-14/h4-8,15H,9-10H2,1-3H3. The molecule has 1 N–H and O–H groups in total. The van der Waals surface area contributed by atoms with E-state index < -0.39 is 0 Å². The molecule has 0 atom stereocenters. The minimum Gasteiger partial charge on any atom is -0.352 e. The van der Waals surface area contributed by atoms with Crippen LogP contribution in [0.25, 0.3) is 0 Å². The van der Waals surface area contributed by atoms with E-state index in [-0.39, 0.29) is 0 Å². The van der Waals surface area contributed by atoms with E-state index in [1.54, 1.807) is 0 Å². The number of anilines is 1. The summed E-state index contributed by atoms with van der Waals surface area (Å²) in [4.78, 5) is 6.53. The summed E-state index contributed by atoms with van der Waals surface area (Å²) >= 11 is 0. The first-order valence-corrected chi connectivity index (χ1v) is 6.30. The molecule has 5 nitrogen and oxygen atoms in total. The van der Waals surface area contributed by atoms with Crippen molar-refractivity contribution < 1.29 is 0 Å². The zero-order valence-corrected chi connectivity index (χ0v) is 11.6. The fraction of sp³-hybridized carbons (Fsp3) is 0.357. The smallest absolute Gasteiger partial charge is 0.151 e. The second kappa shape index (κ2) is 6.24. The summed E-state index contributed by atoms with van der Waals surface area (Å²) in [5.74, 6) is 0.850. The first-order chi connectivity index (χ1) is 9.19. The van der Waals surface area contributed by atoms with Gasteiger partial charge in [0.25, 0.3) is 0 Å². The molecule has 0 aliphatic heterocycles. The maximum atomic E-state index is 4.49. The third-order valence-electron chi connectivity index (χ3n) is 2.80. The van der Waals surface area contributed by atoms with E-state index >= 15 is 0 Å². The predicted molar refractivity (Wildman–Crippen MR) is 75.9 cm³/mol. The van der Waals surface area contributed by atoms with Crippen LogP contribution in [0.5, 0.6) is 0 Å². The highest BCUT2D eigenvalue weighted by molar-refractivity contribution is 5.36. The van der Waals surface area contributed by atoms with Gasteiger partial charge in [0.2, 0.25) is 0 Å². The van der Waals surface area contributed by atoms with Crippen LogP contribution in [0.3, 0.4) is 0 Å². The number of rotatable bonds is 5. The molecule has 0 aliphatic carbocycles. The van der Waals surface area contributed by atoms with Crippen molar-refractivity contribution in [2.75, 3.05) is 19.0 Å². The van der Waals surface area contributed by atoms with Crippen molar-refractivity contribution in [3.63, 3.8) is 0 Å². The molecule has 0 radical (unpaired) electrons. The van der Waals surface area contributed by atoms with Crippen LogP contribution in [-0.2, 0) is 13.1 Å². The van der Waals surface area contributed by atoms with Crippen molar-refractivity contribution in [2.45, 2.75) is 20.0 Å². The number of aromatic nitrogens is 3. The van der Waals surface area contributed by atoms with Crippen LogP contribution in [0.1, 0.15) is 17.1 Å². The minimum absolute atomic E-state index is 0.724. The Kier molecular flexibility index (Phi) is 4.41. The largest absolute Gasteiger partial charge is 0.352 e. The topological polar surface area (TPSA) is 53.9 Å². The number of pyridine rings is 1. The maximum Gasteiger partial charge on any atom is 0.151 e. The van der Waals surface area contributed by atoms with E-state index in [2.05, 4.69) is 20.5 Å². The number of hydrogen-bond acceptors (Lipinski definition) is 5. The van der Waals surface area contributed by atoms with Crippen LogP contribution in [0.15, 0.2) is 30.3 Å². The zero-order valence-electron chi connectivity index (χ0n) is 11.6. The van der Waals surface area contributed by atoms with Crippen molar-refractivity contribution in [3.8, 4) is 0 Å². The summed E-state index contributed by atoms with van der Waals surface area (Å²) in [5, 5.41) is 11.5. The van der Waals surface area contributed by atoms with Crippen LogP contribution in [-0.4, -0.2) is 29.3 Å². The van der Waals surface area contributed by atoms with E-state index in [1.807, 2.05) is 56.3 Å². The number of nitrogens with one attached hydrogen (secondary N) is 1. The average Bonchev–Trinajstić information content (AvgIpc) is 2.40. The highest BCUT2D eigenvalue weighted by atomic mass is 15.2. The Hall–Kier alpha value is -2.01. The van der Waals surface area contributed by atoms with E-state index in [0.717, 1.165) is 36.0 Å². The van der Waals surface area contributed by atoms with Gasteiger partial charge in [0, 0.05) is 19.3 Å². The summed E-state index contributed by atoms with van der Waals surface area (Å²) in [6.07, 6.45) is 0. The molecule has 2 heterocycles. The van der Waals surface area contributed by atoms with Gasteiger partial charge in [-0.1, -0.05) is 6.07 Å². The van der Waals surface area contributed by atoms with Gasteiger partial charge in [-0.25, -0.2) is 0 Å². The van der Waals surface area contributed by atoms with Gasteiger partial charge in [0.05, 0.1) is 17.9 Å². The Morgan fingerprint density at radius 1 is 1.11 bits per heavy atom. The van der Waals surface area contributed by atoms with Crippen molar-refractivity contribution in [2.24, 2.45) is 0 Å². The van der Waals surface area contributed by atoms with E-state index in [4.69, 9.17) is 0 Å². The molecule has 0 saturated carbocycles. The lowest BCUT2D eigenvalue weighted by Gasteiger charge is -2.17. The van der Waals surface area contributed by atoms with E-state index in [1.165, 1.54) is 0 Å². The molecular weight excluding hydrogens is 238 g/mol. The lowest BCUT2D eigenvalue weighted by Crippen LogP contribution is -2.19. The van der Waals surface area contributed by atoms with Gasteiger partial charge in [0.1, 0.15) is 0 Å². The highest BCUT2D eigenvalue weighted by Gasteiger charge is 2.05. The molecule has 5 heteroatoms. The van der Waals surface area contributed by atoms with Gasteiger partial charge in [-0.3, -0.25) is 4.98 Å². The molecule has 0 aliphatic rings. The Balaban J connectivity index is 2.05. The summed E-state index contributed by atoms with van der Waals surface area (Å²) in [5.41, 5.74) is 3.00. The molecule has 0 spiro atoms. The lowest BCUT2D eigenvalue weighted by atomic mass is 10.3. The quantitative estimate of drug-likeness (QED) is 0.880. The van der Waals surface area contributed by atoms with Crippen molar-refractivity contribution in [3.05, 3.63) is 47.4 Å². The SMILES string of the molecule is CNCc1ccc(N(C)Cc2cccc(C)n2)nn1. The second-order valence-electron chi connectivity index (χ2n) is 4.54. The first-order valence-electron chi connectivity index (χ1n) is 6.30. The Morgan fingerprint density at radius 3 is 2.58 bits per heavy atom. The molecular formula is C14H19N5. The third kappa shape index (κ3) is 3.72. The number of nitrogens with zero attached hydrogens (tertiary/aromatic N) is 4. The molecule has 0 saturated heterocycles. The van der Waals surface area contributed by atoms with Gasteiger partial charge in [0.15, 0.2) is 5.82 Å². The molecule has 0 aromatic carbocycles. The van der Waals surface area contributed by atoms with Crippen LogP contribution < -0.4 is 10.2 Å².